The highest BCUT2D eigenvalue weighted by Gasteiger charge is 2.31. The summed E-state index contributed by atoms with van der Waals surface area (Å²) in [6, 6.07) is 14.0. The number of hydrogen-bond donors (Lipinski definition) is 1. The smallest absolute Gasteiger partial charge is 0.357 e. The zero-order chi connectivity index (χ0) is 19.1. The molecule has 136 valence electrons. The van der Waals surface area contributed by atoms with Gasteiger partial charge in [0.15, 0.2) is 5.69 Å². The first kappa shape index (κ1) is 17.0. The van der Waals surface area contributed by atoms with Crippen molar-refractivity contribution in [3.63, 3.8) is 0 Å². The summed E-state index contributed by atoms with van der Waals surface area (Å²) >= 11 is 0. The molecule has 7 nitrogen and oxygen atoms in total. The second kappa shape index (κ2) is 6.35. The Labute approximate surface area is 154 Å². The largest absolute Gasteiger partial charge is 0.476 e. The molecule has 0 spiro atoms. The number of carboxylic acids is 1. The molecule has 4 rings (SSSR count). The molecule has 0 saturated carbocycles. The topological polar surface area (TPSA) is 92.5 Å². The fourth-order valence-electron chi connectivity index (χ4n) is 3.65. The Hall–Kier alpha value is -3.48. The summed E-state index contributed by atoms with van der Waals surface area (Å²) in [4.78, 5) is 38.9. The molecule has 2 aromatic carbocycles. The average Bonchev–Trinajstić information content (AvgIpc) is 2.99. The third-order valence-electron chi connectivity index (χ3n) is 4.83. The maximum Gasteiger partial charge on any atom is 0.357 e. The lowest BCUT2D eigenvalue weighted by Crippen LogP contribution is -2.41. The minimum Gasteiger partial charge on any atom is -0.476 e. The Bertz CT molecular complexity index is 1140. The summed E-state index contributed by atoms with van der Waals surface area (Å²) in [6.45, 7) is 1.62. The van der Waals surface area contributed by atoms with Crippen LogP contribution >= 0.6 is 0 Å². The van der Waals surface area contributed by atoms with Gasteiger partial charge in [-0.15, -0.1) is 0 Å². The highest BCUT2D eigenvalue weighted by atomic mass is 16.4. The number of carboxylic acid groups (broad SMARTS) is 1. The number of benzene rings is 2. The molecule has 0 saturated heterocycles. The molecule has 1 amide bonds. The summed E-state index contributed by atoms with van der Waals surface area (Å²) in [7, 11) is 0. The Balaban J connectivity index is 1.76. The quantitative estimate of drug-likeness (QED) is 0.769. The molecule has 2 heterocycles. The Morgan fingerprint density at radius 2 is 1.78 bits per heavy atom. The fourth-order valence-corrected chi connectivity index (χ4v) is 3.65. The van der Waals surface area contributed by atoms with Crippen molar-refractivity contribution in [1.29, 1.82) is 0 Å². The predicted molar refractivity (Wildman–Crippen MR) is 100 cm³/mol. The Morgan fingerprint density at radius 1 is 1.11 bits per heavy atom. The van der Waals surface area contributed by atoms with E-state index in [4.69, 9.17) is 0 Å². The van der Waals surface area contributed by atoms with Crippen molar-refractivity contribution in [3.8, 4) is 0 Å². The van der Waals surface area contributed by atoms with E-state index in [0.717, 1.165) is 22.4 Å². The van der Waals surface area contributed by atoms with Crippen LogP contribution in [0, 0.1) is 0 Å². The van der Waals surface area contributed by atoms with Crippen molar-refractivity contribution >= 4 is 28.3 Å². The van der Waals surface area contributed by atoms with Crippen LogP contribution in [0.3, 0.4) is 0 Å². The van der Waals surface area contributed by atoms with E-state index in [-0.39, 0.29) is 35.0 Å². The van der Waals surface area contributed by atoms with Crippen LogP contribution in [0.5, 0.6) is 0 Å². The van der Waals surface area contributed by atoms with Crippen LogP contribution in [-0.2, 0) is 17.8 Å². The highest BCUT2D eigenvalue weighted by Crippen LogP contribution is 2.31. The summed E-state index contributed by atoms with van der Waals surface area (Å²) in [5.74, 6) is -1.54. The molecular weight excluding hydrogens is 346 g/mol. The zero-order valence-corrected chi connectivity index (χ0v) is 14.6. The molecule has 27 heavy (non-hydrogen) atoms. The summed E-state index contributed by atoms with van der Waals surface area (Å²) < 4.78 is 0.946. The minimum absolute atomic E-state index is 0.0370. The van der Waals surface area contributed by atoms with E-state index in [1.807, 2.05) is 31.2 Å². The van der Waals surface area contributed by atoms with Gasteiger partial charge in [-0.05, 0) is 31.0 Å². The van der Waals surface area contributed by atoms with E-state index in [2.05, 4.69) is 5.10 Å². The molecule has 1 aliphatic rings. The van der Waals surface area contributed by atoms with Crippen LogP contribution in [0.15, 0.2) is 53.3 Å². The van der Waals surface area contributed by atoms with E-state index in [0.29, 0.717) is 0 Å². The maximum atomic E-state index is 12.9. The number of nitrogens with zero attached hydrogens (tertiary/aromatic N) is 3. The van der Waals surface area contributed by atoms with E-state index in [1.165, 1.54) is 6.07 Å². The molecule has 1 N–H and O–H groups in total. The van der Waals surface area contributed by atoms with Crippen molar-refractivity contribution < 1.29 is 14.7 Å². The molecule has 0 aliphatic carbocycles. The van der Waals surface area contributed by atoms with Gasteiger partial charge in [0.05, 0.1) is 5.39 Å². The van der Waals surface area contributed by atoms with Gasteiger partial charge in [0.25, 0.3) is 5.56 Å². The lowest BCUT2D eigenvalue weighted by Gasteiger charge is -2.23. The van der Waals surface area contributed by atoms with Crippen molar-refractivity contribution in [2.75, 3.05) is 4.90 Å². The first-order valence-electron chi connectivity index (χ1n) is 8.60. The van der Waals surface area contributed by atoms with Gasteiger partial charge < -0.3 is 10.0 Å². The SMILES string of the molecule is C[C@@H]1Cc2ccccc2N1C(=O)Cn1nc(C(=O)O)c2ccccc2c1=O. The zero-order valence-electron chi connectivity index (χ0n) is 14.6. The second-order valence-corrected chi connectivity index (χ2v) is 6.61. The van der Waals surface area contributed by atoms with Gasteiger partial charge in [-0.3, -0.25) is 9.59 Å². The first-order valence-corrected chi connectivity index (χ1v) is 8.60. The third kappa shape index (κ3) is 2.77. The van der Waals surface area contributed by atoms with Crippen LogP contribution in [0.1, 0.15) is 23.0 Å². The standard InChI is InChI=1S/C20H17N3O4/c1-12-10-13-6-2-5-9-16(13)23(12)17(24)11-22-19(25)15-8-4-3-7-14(15)18(21-22)20(26)27/h2-9,12H,10-11H2,1H3,(H,26,27)/t12-/m1/s1. The van der Waals surface area contributed by atoms with E-state index < -0.39 is 11.5 Å². The average molecular weight is 363 g/mol. The van der Waals surface area contributed by atoms with Crippen molar-refractivity contribution in [2.24, 2.45) is 0 Å². The minimum atomic E-state index is -1.24. The van der Waals surface area contributed by atoms with Gasteiger partial charge in [-0.1, -0.05) is 36.4 Å². The molecular formula is C20H17N3O4. The molecule has 1 atom stereocenters. The van der Waals surface area contributed by atoms with Gasteiger partial charge in [0.1, 0.15) is 6.54 Å². The van der Waals surface area contributed by atoms with Gasteiger partial charge in [0.2, 0.25) is 5.91 Å². The predicted octanol–water partition coefficient (Wildman–Crippen LogP) is 2.07. The van der Waals surface area contributed by atoms with Crippen LogP contribution in [0.25, 0.3) is 10.8 Å². The van der Waals surface area contributed by atoms with Crippen LogP contribution in [-0.4, -0.2) is 32.8 Å². The van der Waals surface area contributed by atoms with Crippen LogP contribution in [0.2, 0.25) is 0 Å². The van der Waals surface area contributed by atoms with Crippen molar-refractivity contribution in [1.82, 2.24) is 9.78 Å². The van der Waals surface area contributed by atoms with Gasteiger partial charge in [0, 0.05) is 17.1 Å². The summed E-state index contributed by atoms with van der Waals surface area (Å²) in [5.41, 5.74) is 1.17. The third-order valence-corrected chi connectivity index (χ3v) is 4.83. The summed E-state index contributed by atoms with van der Waals surface area (Å²) in [5, 5.41) is 13.9. The molecule has 3 aromatic rings. The van der Waals surface area contributed by atoms with E-state index in [1.54, 1.807) is 23.1 Å². The molecule has 0 radical (unpaired) electrons. The Kier molecular flexibility index (Phi) is 3.99. The van der Waals surface area contributed by atoms with E-state index in [9.17, 15) is 19.5 Å². The number of carbonyl (C=O) groups excluding carboxylic acids is 1. The highest BCUT2D eigenvalue weighted by molar-refractivity contribution is 6.01. The molecule has 0 fully saturated rings. The molecule has 0 unspecified atom stereocenters. The Morgan fingerprint density at radius 3 is 2.52 bits per heavy atom. The number of aromatic carboxylic acids is 1. The molecule has 1 aromatic heterocycles. The number of aromatic nitrogens is 2. The van der Waals surface area contributed by atoms with Crippen LogP contribution in [0.4, 0.5) is 5.69 Å². The van der Waals surface area contributed by atoms with Gasteiger partial charge in [-0.2, -0.15) is 5.10 Å². The number of fused-ring (bicyclic) bond motifs is 2. The van der Waals surface area contributed by atoms with Crippen LogP contribution < -0.4 is 10.5 Å². The van der Waals surface area contributed by atoms with E-state index >= 15 is 0 Å². The first-order chi connectivity index (χ1) is 13.0. The van der Waals surface area contributed by atoms with Crippen molar-refractivity contribution in [3.05, 3.63) is 70.1 Å². The molecule has 0 bridgehead atoms. The number of carbonyl (C=O) groups is 2. The number of hydrogen-bond acceptors (Lipinski definition) is 4. The number of anilines is 1. The summed E-state index contributed by atoms with van der Waals surface area (Å²) in [6.07, 6.45) is 0.738. The van der Waals surface area contributed by atoms with Gasteiger partial charge in [-0.25, -0.2) is 9.48 Å². The molecule has 1 aliphatic heterocycles. The fraction of sp³-hybridized carbons (Fsp3) is 0.200. The lowest BCUT2D eigenvalue weighted by molar-refractivity contribution is -0.119. The maximum absolute atomic E-state index is 12.9. The number of para-hydroxylation sites is 1. The normalized spacial score (nSPS) is 15.7. The number of rotatable bonds is 3. The lowest BCUT2D eigenvalue weighted by atomic mass is 10.1. The monoisotopic (exact) mass is 363 g/mol. The van der Waals surface area contributed by atoms with Crippen molar-refractivity contribution in [2.45, 2.75) is 25.9 Å². The second-order valence-electron chi connectivity index (χ2n) is 6.61. The van der Waals surface area contributed by atoms with Gasteiger partial charge >= 0.3 is 5.97 Å². The molecule has 7 heteroatoms. The number of amides is 1.